The zero-order chi connectivity index (χ0) is 21.1. The lowest BCUT2D eigenvalue weighted by molar-refractivity contribution is 0.205. The molecule has 0 radical (unpaired) electrons. The third kappa shape index (κ3) is 3.99. The van der Waals surface area contributed by atoms with Gasteiger partial charge in [0.2, 0.25) is 0 Å². The molecule has 1 aromatic carbocycles. The maximum atomic E-state index is 6.16. The van der Waals surface area contributed by atoms with Gasteiger partial charge in [0.1, 0.15) is 11.5 Å². The molecule has 7 nitrogen and oxygen atoms in total. The number of hydrogen-bond donors (Lipinski definition) is 2. The fourth-order valence-corrected chi connectivity index (χ4v) is 3.99. The molecule has 1 saturated heterocycles. The highest BCUT2D eigenvalue weighted by Gasteiger charge is 2.31. The smallest absolute Gasteiger partial charge is 0.159 e. The van der Waals surface area contributed by atoms with E-state index < -0.39 is 0 Å². The largest absolute Gasteiger partial charge is 0.383 e. The average Bonchev–Trinajstić information content (AvgIpc) is 3.14. The van der Waals surface area contributed by atoms with Crippen molar-refractivity contribution in [3.63, 3.8) is 0 Å². The van der Waals surface area contributed by atoms with Crippen molar-refractivity contribution < 1.29 is 0 Å². The Hall–Kier alpha value is -3.03. The SMILES string of the molecule is C/C=C1/N=C(c2cccnc2N)N(c2ccc(CN3CCC(N)CC3)cc2)C1=NC. The maximum absolute atomic E-state index is 6.16. The Kier molecular flexibility index (Phi) is 5.92. The molecule has 2 aliphatic rings. The highest BCUT2D eigenvalue weighted by molar-refractivity contribution is 6.34. The van der Waals surface area contributed by atoms with Gasteiger partial charge in [0.15, 0.2) is 11.7 Å². The van der Waals surface area contributed by atoms with Crippen LogP contribution in [0.2, 0.25) is 0 Å². The number of amidine groups is 2. The van der Waals surface area contributed by atoms with E-state index >= 15 is 0 Å². The van der Waals surface area contributed by atoms with Crippen molar-refractivity contribution >= 4 is 23.2 Å². The summed E-state index contributed by atoms with van der Waals surface area (Å²) in [6.07, 6.45) is 5.79. The molecular formula is C23H29N7. The van der Waals surface area contributed by atoms with E-state index in [0.29, 0.717) is 11.9 Å². The van der Waals surface area contributed by atoms with Gasteiger partial charge < -0.3 is 11.5 Å². The first-order valence-electron chi connectivity index (χ1n) is 10.4. The van der Waals surface area contributed by atoms with E-state index in [9.17, 15) is 0 Å². The second-order valence-electron chi connectivity index (χ2n) is 7.71. The molecule has 1 aromatic heterocycles. The van der Waals surface area contributed by atoms with E-state index in [-0.39, 0.29) is 0 Å². The molecular weight excluding hydrogens is 374 g/mol. The molecule has 0 aliphatic carbocycles. The minimum Gasteiger partial charge on any atom is -0.383 e. The first-order chi connectivity index (χ1) is 14.6. The molecule has 0 spiro atoms. The van der Waals surface area contributed by atoms with Crippen molar-refractivity contribution in [2.75, 3.05) is 30.8 Å². The van der Waals surface area contributed by atoms with Gasteiger partial charge in [-0.2, -0.15) is 0 Å². The van der Waals surface area contributed by atoms with Crippen LogP contribution in [0.3, 0.4) is 0 Å². The molecule has 4 N–H and O–H groups in total. The topological polar surface area (TPSA) is 96.1 Å². The average molecular weight is 404 g/mol. The van der Waals surface area contributed by atoms with Crippen molar-refractivity contribution in [2.45, 2.75) is 32.4 Å². The van der Waals surface area contributed by atoms with Crippen molar-refractivity contribution in [3.05, 3.63) is 65.5 Å². The van der Waals surface area contributed by atoms with Gasteiger partial charge >= 0.3 is 0 Å². The summed E-state index contributed by atoms with van der Waals surface area (Å²) in [7, 11) is 1.78. The van der Waals surface area contributed by atoms with Gasteiger partial charge in [-0.1, -0.05) is 18.2 Å². The Morgan fingerprint density at radius 3 is 2.53 bits per heavy atom. The molecule has 4 rings (SSSR count). The van der Waals surface area contributed by atoms with Crippen LogP contribution in [0.25, 0.3) is 0 Å². The van der Waals surface area contributed by atoms with E-state index in [4.69, 9.17) is 16.5 Å². The number of nitrogens with two attached hydrogens (primary N) is 2. The first kappa shape index (κ1) is 20.3. The number of piperidine rings is 1. The Morgan fingerprint density at radius 2 is 1.90 bits per heavy atom. The molecule has 1 fully saturated rings. The summed E-state index contributed by atoms with van der Waals surface area (Å²) in [5.41, 5.74) is 16.1. The lowest BCUT2D eigenvalue weighted by Crippen LogP contribution is -2.39. The van der Waals surface area contributed by atoms with Crippen molar-refractivity contribution in [2.24, 2.45) is 15.7 Å². The van der Waals surface area contributed by atoms with Crippen LogP contribution in [0.5, 0.6) is 0 Å². The third-order valence-electron chi connectivity index (χ3n) is 5.68. The molecule has 0 atom stereocenters. The minimum atomic E-state index is 0.351. The fraction of sp³-hybridized carbons (Fsp3) is 0.348. The number of likely N-dealkylation sites (tertiary alicyclic amines) is 1. The van der Waals surface area contributed by atoms with E-state index in [1.165, 1.54) is 5.56 Å². The maximum Gasteiger partial charge on any atom is 0.159 e. The molecule has 2 aromatic rings. The van der Waals surface area contributed by atoms with Gasteiger partial charge in [0.25, 0.3) is 0 Å². The molecule has 0 unspecified atom stereocenters. The molecule has 156 valence electrons. The van der Waals surface area contributed by atoms with Crippen LogP contribution >= 0.6 is 0 Å². The summed E-state index contributed by atoms with van der Waals surface area (Å²) >= 11 is 0. The van der Waals surface area contributed by atoms with E-state index in [1.807, 2.05) is 30.0 Å². The molecule has 0 amide bonds. The lowest BCUT2D eigenvalue weighted by Gasteiger charge is -2.30. The summed E-state index contributed by atoms with van der Waals surface area (Å²) in [5, 5.41) is 0. The van der Waals surface area contributed by atoms with Crippen LogP contribution in [0.15, 0.2) is 64.4 Å². The number of aliphatic imine (C=N–C) groups is 2. The summed E-state index contributed by atoms with van der Waals surface area (Å²) in [6.45, 7) is 5.02. The number of allylic oxidation sites excluding steroid dienone is 1. The molecule has 0 saturated carbocycles. The van der Waals surface area contributed by atoms with Crippen LogP contribution in [0, 0.1) is 0 Å². The van der Waals surface area contributed by atoms with Gasteiger partial charge in [-0.15, -0.1) is 0 Å². The Labute approximate surface area is 177 Å². The number of aromatic nitrogens is 1. The number of nitrogens with zero attached hydrogens (tertiary/aromatic N) is 5. The number of hydrogen-bond acceptors (Lipinski definition) is 6. The van der Waals surface area contributed by atoms with Crippen LogP contribution in [-0.4, -0.2) is 47.7 Å². The predicted molar refractivity (Wildman–Crippen MR) is 124 cm³/mol. The number of nitrogen functional groups attached to an aromatic ring is 1. The van der Waals surface area contributed by atoms with Crippen LogP contribution in [0.4, 0.5) is 11.5 Å². The Balaban J connectivity index is 1.62. The molecule has 7 heteroatoms. The van der Waals surface area contributed by atoms with Gasteiger partial charge in [-0.05, 0) is 62.7 Å². The second kappa shape index (κ2) is 8.77. The zero-order valence-corrected chi connectivity index (χ0v) is 17.6. The summed E-state index contributed by atoms with van der Waals surface area (Å²) in [4.78, 5) is 18.1. The number of rotatable bonds is 4. The summed E-state index contributed by atoms with van der Waals surface area (Å²) in [6, 6.07) is 12.8. The predicted octanol–water partition coefficient (Wildman–Crippen LogP) is 2.79. The fourth-order valence-electron chi connectivity index (χ4n) is 3.99. The quantitative estimate of drug-likeness (QED) is 0.818. The highest BCUT2D eigenvalue weighted by atomic mass is 15.3. The number of anilines is 2. The van der Waals surface area contributed by atoms with E-state index in [2.05, 4.69) is 39.1 Å². The van der Waals surface area contributed by atoms with Gasteiger partial charge in [0.05, 0.1) is 5.56 Å². The van der Waals surface area contributed by atoms with E-state index in [1.54, 1.807) is 13.2 Å². The highest BCUT2D eigenvalue weighted by Crippen LogP contribution is 2.29. The summed E-state index contributed by atoms with van der Waals surface area (Å²) < 4.78 is 0. The monoisotopic (exact) mass is 403 g/mol. The third-order valence-corrected chi connectivity index (χ3v) is 5.68. The Morgan fingerprint density at radius 1 is 1.17 bits per heavy atom. The van der Waals surface area contributed by atoms with Crippen molar-refractivity contribution in [3.8, 4) is 0 Å². The van der Waals surface area contributed by atoms with E-state index in [0.717, 1.165) is 61.1 Å². The van der Waals surface area contributed by atoms with Crippen molar-refractivity contribution in [1.29, 1.82) is 0 Å². The normalized spacial score (nSPS) is 20.9. The van der Waals surface area contributed by atoms with Crippen LogP contribution in [-0.2, 0) is 6.54 Å². The van der Waals surface area contributed by atoms with Crippen LogP contribution < -0.4 is 16.4 Å². The molecule has 2 aliphatic heterocycles. The Bertz CT molecular complexity index is 983. The molecule has 0 bridgehead atoms. The van der Waals surface area contributed by atoms with Crippen LogP contribution in [0.1, 0.15) is 30.9 Å². The zero-order valence-electron chi connectivity index (χ0n) is 17.6. The van der Waals surface area contributed by atoms with Crippen molar-refractivity contribution in [1.82, 2.24) is 9.88 Å². The number of benzene rings is 1. The molecule has 30 heavy (non-hydrogen) atoms. The number of pyridine rings is 1. The van der Waals surface area contributed by atoms with Gasteiger partial charge in [-0.25, -0.2) is 9.98 Å². The molecule has 3 heterocycles. The first-order valence-corrected chi connectivity index (χ1v) is 10.4. The second-order valence-corrected chi connectivity index (χ2v) is 7.71. The standard InChI is InChI=1S/C23H29N7/c1-3-20-23(26-2)30(22(28-20)19-5-4-12-27-21(19)25)18-8-6-16(7-9-18)15-29-13-10-17(24)11-14-29/h3-9,12,17H,10-11,13-15,24H2,1-2H3,(H2,25,27)/b20-3+,26-23?. The summed E-state index contributed by atoms with van der Waals surface area (Å²) in [5.74, 6) is 1.99. The van der Waals surface area contributed by atoms with Gasteiger partial charge in [0, 0.05) is 31.5 Å². The lowest BCUT2D eigenvalue weighted by atomic mass is 10.1. The minimum absolute atomic E-state index is 0.351. The van der Waals surface area contributed by atoms with Gasteiger partial charge in [-0.3, -0.25) is 14.8 Å².